The first-order valence-electron chi connectivity index (χ1n) is 7.40. The van der Waals surface area contributed by atoms with Gasteiger partial charge < -0.3 is 15.1 Å². The Balaban J connectivity index is 1.51. The molecular formula is C14H29N3. The summed E-state index contributed by atoms with van der Waals surface area (Å²) in [6, 6.07) is 0.808. The molecule has 0 bridgehead atoms. The third-order valence-corrected chi connectivity index (χ3v) is 4.52. The Hall–Kier alpha value is -0.120. The average molecular weight is 239 g/mol. The number of nitrogens with one attached hydrogen (secondary N) is 1. The summed E-state index contributed by atoms with van der Waals surface area (Å²) in [4.78, 5) is 5.04. The van der Waals surface area contributed by atoms with E-state index in [0.717, 1.165) is 12.0 Å². The molecule has 100 valence electrons. The lowest BCUT2D eigenvalue weighted by Crippen LogP contribution is -2.45. The first-order chi connectivity index (χ1) is 8.25. The van der Waals surface area contributed by atoms with E-state index in [9.17, 15) is 0 Å². The molecule has 1 heterocycles. The van der Waals surface area contributed by atoms with Crippen LogP contribution in [0.5, 0.6) is 0 Å². The summed E-state index contributed by atoms with van der Waals surface area (Å²) >= 11 is 0. The van der Waals surface area contributed by atoms with E-state index in [1.165, 1.54) is 65.0 Å². The number of hydrogen-bond acceptors (Lipinski definition) is 3. The average Bonchev–Trinajstić information content (AvgIpc) is 2.73. The van der Waals surface area contributed by atoms with Crippen molar-refractivity contribution in [3.05, 3.63) is 0 Å². The molecule has 0 aromatic carbocycles. The molecule has 0 spiro atoms. The number of likely N-dealkylation sites (N-methyl/N-ethyl adjacent to an activating group) is 1. The van der Waals surface area contributed by atoms with Crippen molar-refractivity contribution in [1.29, 1.82) is 0 Å². The van der Waals surface area contributed by atoms with Crippen molar-refractivity contribution in [2.75, 3.05) is 46.3 Å². The number of rotatable bonds is 5. The Morgan fingerprint density at radius 2 is 1.88 bits per heavy atom. The first-order valence-corrected chi connectivity index (χ1v) is 7.40. The van der Waals surface area contributed by atoms with Crippen molar-refractivity contribution in [2.24, 2.45) is 5.92 Å². The topological polar surface area (TPSA) is 18.5 Å². The van der Waals surface area contributed by atoms with Gasteiger partial charge in [-0.2, -0.15) is 0 Å². The maximum Gasteiger partial charge on any atom is 0.0110 e. The SMILES string of the molecule is CC1CCCC1NCCCN1CCN(C)CC1. The molecule has 2 aliphatic rings. The summed E-state index contributed by atoms with van der Waals surface area (Å²) < 4.78 is 0. The molecule has 2 atom stereocenters. The van der Waals surface area contributed by atoms with Crippen LogP contribution >= 0.6 is 0 Å². The van der Waals surface area contributed by atoms with Crippen LogP contribution in [0.25, 0.3) is 0 Å². The van der Waals surface area contributed by atoms with E-state index < -0.39 is 0 Å². The van der Waals surface area contributed by atoms with Crippen molar-refractivity contribution in [3.8, 4) is 0 Å². The smallest absolute Gasteiger partial charge is 0.0110 e. The van der Waals surface area contributed by atoms with Crippen LogP contribution in [0.1, 0.15) is 32.6 Å². The van der Waals surface area contributed by atoms with Crippen LogP contribution in [-0.4, -0.2) is 62.2 Å². The van der Waals surface area contributed by atoms with Crippen LogP contribution in [-0.2, 0) is 0 Å². The maximum atomic E-state index is 3.74. The summed E-state index contributed by atoms with van der Waals surface area (Å²) in [6.07, 6.45) is 5.57. The Bertz CT molecular complexity index is 212. The standard InChI is InChI=1S/C14H29N3/c1-13-5-3-6-14(13)15-7-4-8-17-11-9-16(2)10-12-17/h13-15H,3-12H2,1-2H3. The highest BCUT2D eigenvalue weighted by Crippen LogP contribution is 2.24. The predicted octanol–water partition coefficient (Wildman–Crippen LogP) is 1.40. The van der Waals surface area contributed by atoms with Crippen LogP contribution in [0, 0.1) is 5.92 Å². The fourth-order valence-corrected chi connectivity index (χ4v) is 3.11. The molecule has 0 aromatic rings. The molecule has 2 rings (SSSR count). The quantitative estimate of drug-likeness (QED) is 0.732. The van der Waals surface area contributed by atoms with E-state index in [2.05, 4.69) is 29.1 Å². The van der Waals surface area contributed by atoms with Crippen LogP contribution in [0.15, 0.2) is 0 Å². The second-order valence-electron chi connectivity index (χ2n) is 5.97. The third kappa shape index (κ3) is 4.23. The van der Waals surface area contributed by atoms with E-state index in [1.807, 2.05) is 0 Å². The molecule has 0 radical (unpaired) electrons. The lowest BCUT2D eigenvalue weighted by atomic mass is 10.1. The van der Waals surface area contributed by atoms with Crippen LogP contribution in [0.2, 0.25) is 0 Å². The number of piperazine rings is 1. The van der Waals surface area contributed by atoms with Gasteiger partial charge in [-0.15, -0.1) is 0 Å². The largest absolute Gasteiger partial charge is 0.314 e. The second kappa shape index (κ2) is 6.72. The molecule has 3 nitrogen and oxygen atoms in total. The van der Waals surface area contributed by atoms with E-state index in [-0.39, 0.29) is 0 Å². The van der Waals surface area contributed by atoms with E-state index in [4.69, 9.17) is 0 Å². The van der Waals surface area contributed by atoms with Gasteiger partial charge in [0, 0.05) is 32.2 Å². The Kier molecular flexibility index (Phi) is 5.26. The maximum absolute atomic E-state index is 3.74. The number of hydrogen-bond donors (Lipinski definition) is 1. The Morgan fingerprint density at radius 1 is 1.12 bits per heavy atom. The fraction of sp³-hybridized carbons (Fsp3) is 1.00. The summed E-state index contributed by atoms with van der Waals surface area (Å²) in [5, 5.41) is 3.74. The van der Waals surface area contributed by atoms with Gasteiger partial charge in [-0.1, -0.05) is 13.3 Å². The molecule has 0 aromatic heterocycles. The van der Waals surface area contributed by atoms with E-state index in [0.29, 0.717) is 0 Å². The molecule has 1 saturated carbocycles. The van der Waals surface area contributed by atoms with Crippen LogP contribution < -0.4 is 5.32 Å². The number of nitrogens with zero attached hydrogens (tertiary/aromatic N) is 2. The third-order valence-electron chi connectivity index (χ3n) is 4.52. The lowest BCUT2D eigenvalue weighted by molar-refractivity contribution is 0.152. The zero-order valence-electron chi connectivity index (χ0n) is 11.6. The van der Waals surface area contributed by atoms with Gasteiger partial charge in [0.25, 0.3) is 0 Å². The second-order valence-corrected chi connectivity index (χ2v) is 5.97. The Morgan fingerprint density at radius 3 is 2.53 bits per heavy atom. The van der Waals surface area contributed by atoms with Gasteiger partial charge in [-0.3, -0.25) is 0 Å². The van der Waals surface area contributed by atoms with Gasteiger partial charge in [0.05, 0.1) is 0 Å². The van der Waals surface area contributed by atoms with E-state index >= 15 is 0 Å². The monoisotopic (exact) mass is 239 g/mol. The lowest BCUT2D eigenvalue weighted by Gasteiger charge is -2.32. The minimum absolute atomic E-state index is 0.808. The van der Waals surface area contributed by atoms with Gasteiger partial charge in [0.15, 0.2) is 0 Å². The molecule has 2 fully saturated rings. The van der Waals surface area contributed by atoms with Crippen molar-refractivity contribution in [2.45, 2.75) is 38.6 Å². The predicted molar refractivity (Wildman–Crippen MR) is 73.4 cm³/mol. The molecule has 1 N–H and O–H groups in total. The van der Waals surface area contributed by atoms with Crippen LogP contribution in [0.3, 0.4) is 0 Å². The molecule has 1 saturated heterocycles. The molecule has 2 unspecified atom stereocenters. The molecule has 0 amide bonds. The first kappa shape index (κ1) is 13.3. The van der Waals surface area contributed by atoms with E-state index in [1.54, 1.807) is 0 Å². The van der Waals surface area contributed by atoms with Gasteiger partial charge in [-0.05, 0) is 45.3 Å². The minimum Gasteiger partial charge on any atom is -0.314 e. The molecule has 3 heteroatoms. The highest BCUT2D eigenvalue weighted by molar-refractivity contribution is 4.80. The highest BCUT2D eigenvalue weighted by Gasteiger charge is 2.22. The molecule has 17 heavy (non-hydrogen) atoms. The van der Waals surface area contributed by atoms with Gasteiger partial charge in [0.2, 0.25) is 0 Å². The minimum atomic E-state index is 0.808. The Labute approximate surface area is 107 Å². The highest BCUT2D eigenvalue weighted by atomic mass is 15.2. The zero-order chi connectivity index (χ0) is 12.1. The van der Waals surface area contributed by atoms with Crippen molar-refractivity contribution >= 4 is 0 Å². The normalized spacial score (nSPS) is 32.1. The van der Waals surface area contributed by atoms with Crippen molar-refractivity contribution in [1.82, 2.24) is 15.1 Å². The molecule has 1 aliphatic carbocycles. The summed E-state index contributed by atoms with van der Waals surface area (Å²) in [5.41, 5.74) is 0. The van der Waals surface area contributed by atoms with Crippen LogP contribution in [0.4, 0.5) is 0 Å². The summed E-state index contributed by atoms with van der Waals surface area (Å²) in [6.45, 7) is 9.89. The molecular weight excluding hydrogens is 210 g/mol. The molecule has 1 aliphatic heterocycles. The summed E-state index contributed by atoms with van der Waals surface area (Å²) in [7, 11) is 2.22. The fourth-order valence-electron chi connectivity index (χ4n) is 3.11. The van der Waals surface area contributed by atoms with Gasteiger partial charge >= 0.3 is 0 Å². The summed E-state index contributed by atoms with van der Waals surface area (Å²) in [5.74, 6) is 0.902. The van der Waals surface area contributed by atoms with Gasteiger partial charge in [-0.25, -0.2) is 0 Å². The van der Waals surface area contributed by atoms with Gasteiger partial charge in [0.1, 0.15) is 0 Å². The van der Waals surface area contributed by atoms with Crippen molar-refractivity contribution < 1.29 is 0 Å². The zero-order valence-corrected chi connectivity index (χ0v) is 11.6. The van der Waals surface area contributed by atoms with Crippen molar-refractivity contribution in [3.63, 3.8) is 0 Å².